The summed E-state index contributed by atoms with van der Waals surface area (Å²) >= 11 is 0. The molecule has 0 amide bonds. The van der Waals surface area contributed by atoms with Crippen LogP contribution in [0.1, 0.15) is 6.42 Å². The molecule has 3 aromatic carbocycles. The Kier molecular flexibility index (Phi) is 7.24. The zero-order valence-corrected chi connectivity index (χ0v) is 18.3. The number of hydrogen-bond acceptors (Lipinski definition) is 8. The third-order valence-corrected chi connectivity index (χ3v) is 5.75. The molecule has 0 fully saturated rings. The number of allylic oxidation sites excluding steroid dienone is 1. The molecule has 0 aliphatic heterocycles. The third kappa shape index (κ3) is 6.02. The van der Waals surface area contributed by atoms with Crippen molar-refractivity contribution in [3.63, 3.8) is 0 Å². The number of aromatic hydroxyl groups is 1. The number of nitrogens with zero attached hydrogens (tertiary/aromatic N) is 2. The molecule has 33 heavy (non-hydrogen) atoms. The average Bonchev–Trinajstić information content (AvgIpc) is 2.81. The van der Waals surface area contributed by atoms with Gasteiger partial charge in [0.05, 0.1) is 5.69 Å². The van der Waals surface area contributed by atoms with E-state index in [0.717, 1.165) is 28.6 Å². The van der Waals surface area contributed by atoms with E-state index in [9.17, 15) is 18.6 Å². The molecule has 10 heteroatoms. The quantitative estimate of drug-likeness (QED) is 0.241. The highest BCUT2D eigenvalue weighted by molar-refractivity contribution is 7.89. The maximum atomic E-state index is 10.7. The summed E-state index contributed by atoms with van der Waals surface area (Å²) in [6, 6.07) is 20.8. The summed E-state index contributed by atoms with van der Waals surface area (Å²) in [6.45, 7) is 0. The van der Waals surface area contributed by atoms with Crippen LogP contribution in [0.2, 0.25) is 0 Å². The summed E-state index contributed by atoms with van der Waals surface area (Å²) in [6.07, 6.45) is 1.53. The fourth-order valence-electron chi connectivity index (χ4n) is 2.98. The van der Waals surface area contributed by atoms with Gasteiger partial charge in [0.25, 0.3) is 10.1 Å². The summed E-state index contributed by atoms with van der Waals surface area (Å²) in [5, 5.41) is 38.8. The number of azo groups is 1. The highest BCUT2D eigenvalue weighted by atomic mass is 32.2. The van der Waals surface area contributed by atoms with E-state index < -0.39 is 33.0 Å². The second kappa shape index (κ2) is 9.92. The molecule has 0 spiro atoms. The Labute approximate surface area is 190 Å². The van der Waals surface area contributed by atoms with Crippen LogP contribution in [-0.4, -0.2) is 41.2 Å². The lowest BCUT2D eigenvalue weighted by Gasteiger charge is -2.26. The SMILES string of the molecule is COC1(O)C=CC(O)=C(S(=O)(=O)O)C1.Oc1c(N=Nc2ccccc2)ccc2ccccc12. The first-order chi connectivity index (χ1) is 15.6. The molecule has 0 radical (unpaired) electrons. The van der Waals surface area contributed by atoms with E-state index in [-0.39, 0.29) is 5.75 Å². The first-order valence-electron chi connectivity index (χ1n) is 9.67. The van der Waals surface area contributed by atoms with Crippen molar-refractivity contribution in [3.8, 4) is 5.75 Å². The topological polar surface area (TPSA) is 149 Å². The minimum atomic E-state index is -4.52. The van der Waals surface area contributed by atoms with E-state index in [0.29, 0.717) is 5.69 Å². The van der Waals surface area contributed by atoms with Crippen LogP contribution in [0.4, 0.5) is 11.4 Å². The Morgan fingerprint density at radius 2 is 1.61 bits per heavy atom. The zero-order chi connectivity index (χ0) is 24.1. The number of methoxy groups -OCH3 is 1. The van der Waals surface area contributed by atoms with Gasteiger partial charge in [0.2, 0.25) is 0 Å². The van der Waals surface area contributed by atoms with Crippen molar-refractivity contribution < 1.29 is 33.0 Å². The van der Waals surface area contributed by atoms with E-state index in [1.54, 1.807) is 6.07 Å². The van der Waals surface area contributed by atoms with Crippen LogP contribution in [0.3, 0.4) is 0 Å². The van der Waals surface area contributed by atoms with Gasteiger partial charge in [0, 0.05) is 18.9 Å². The average molecular weight is 471 g/mol. The van der Waals surface area contributed by atoms with Crippen molar-refractivity contribution in [1.82, 2.24) is 0 Å². The highest BCUT2D eigenvalue weighted by Crippen LogP contribution is 2.35. The number of benzene rings is 3. The molecule has 4 N–H and O–H groups in total. The van der Waals surface area contributed by atoms with Crippen LogP contribution in [0.15, 0.2) is 99.8 Å². The number of phenols is 1. The monoisotopic (exact) mass is 470 g/mol. The van der Waals surface area contributed by atoms with Crippen molar-refractivity contribution in [2.45, 2.75) is 12.2 Å². The minimum absolute atomic E-state index is 0.165. The molecule has 1 aliphatic carbocycles. The third-order valence-electron chi connectivity index (χ3n) is 4.77. The van der Waals surface area contributed by atoms with Gasteiger partial charge in [-0.25, -0.2) is 0 Å². The van der Waals surface area contributed by atoms with E-state index in [4.69, 9.17) is 9.66 Å². The van der Waals surface area contributed by atoms with E-state index in [2.05, 4.69) is 15.0 Å². The number of phenolic OH excluding ortho intramolecular Hbond substituents is 1. The molecule has 1 atom stereocenters. The molecule has 0 saturated heterocycles. The highest BCUT2D eigenvalue weighted by Gasteiger charge is 2.34. The largest absolute Gasteiger partial charge is 0.507 e. The summed E-state index contributed by atoms with van der Waals surface area (Å²) in [7, 11) is -3.34. The first kappa shape index (κ1) is 24.1. The molecule has 3 aromatic rings. The van der Waals surface area contributed by atoms with Crippen molar-refractivity contribution in [1.29, 1.82) is 0 Å². The number of aliphatic hydroxyl groups excluding tert-OH is 1. The summed E-state index contributed by atoms with van der Waals surface area (Å²) in [5.41, 5.74) is 1.23. The fraction of sp³-hybridized carbons (Fsp3) is 0.130. The van der Waals surface area contributed by atoms with Crippen LogP contribution in [-0.2, 0) is 14.9 Å². The van der Waals surface area contributed by atoms with E-state index >= 15 is 0 Å². The Bertz CT molecular complexity index is 1340. The van der Waals surface area contributed by atoms with Gasteiger partial charge >= 0.3 is 0 Å². The number of ether oxygens (including phenoxy) is 1. The molecule has 172 valence electrons. The summed E-state index contributed by atoms with van der Waals surface area (Å²) in [4.78, 5) is -0.663. The first-order valence-corrected chi connectivity index (χ1v) is 11.1. The molecule has 4 rings (SSSR count). The zero-order valence-electron chi connectivity index (χ0n) is 17.5. The van der Waals surface area contributed by atoms with Gasteiger partial charge in [-0.15, -0.1) is 5.11 Å². The Balaban J connectivity index is 0.000000196. The minimum Gasteiger partial charge on any atom is -0.507 e. The predicted octanol–water partition coefficient (Wildman–Crippen LogP) is 4.90. The molecule has 0 bridgehead atoms. The lowest BCUT2D eigenvalue weighted by atomic mass is 10.1. The smallest absolute Gasteiger partial charge is 0.294 e. The fourth-order valence-corrected chi connectivity index (χ4v) is 3.70. The van der Waals surface area contributed by atoms with Crippen LogP contribution in [0.25, 0.3) is 10.8 Å². The van der Waals surface area contributed by atoms with Gasteiger partial charge in [0.15, 0.2) is 11.5 Å². The van der Waals surface area contributed by atoms with Gasteiger partial charge in [-0.2, -0.15) is 13.5 Å². The Morgan fingerprint density at radius 1 is 0.939 bits per heavy atom. The predicted molar refractivity (Wildman–Crippen MR) is 123 cm³/mol. The van der Waals surface area contributed by atoms with Crippen molar-refractivity contribution >= 4 is 32.3 Å². The molecule has 9 nitrogen and oxygen atoms in total. The summed E-state index contributed by atoms with van der Waals surface area (Å²) in [5.74, 6) is -2.25. The van der Waals surface area contributed by atoms with Crippen molar-refractivity contribution in [2.24, 2.45) is 10.2 Å². The van der Waals surface area contributed by atoms with E-state index in [1.165, 1.54) is 7.11 Å². The second-order valence-electron chi connectivity index (χ2n) is 7.03. The molecule has 1 unspecified atom stereocenters. The van der Waals surface area contributed by atoms with Crippen LogP contribution >= 0.6 is 0 Å². The number of fused-ring (bicyclic) bond motifs is 1. The Morgan fingerprint density at radius 3 is 2.27 bits per heavy atom. The maximum absolute atomic E-state index is 10.7. The van der Waals surface area contributed by atoms with Gasteiger partial charge in [-0.05, 0) is 35.7 Å². The standard InChI is InChI=1S/C16H12N2O.C7H10O6S/c19-16-14-9-5-4-6-12(14)10-11-15(16)18-17-13-7-2-1-3-8-13;1-13-7(9)3-2-5(8)6(4-7)14(10,11)12/h1-11,19H;2-3,8-9H,4H2,1H3,(H,10,11,12). The molecule has 0 heterocycles. The Hall–Kier alpha value is -3.57. The normalized spacial score (nSPS) is 18.4. The van der Waals surface area contributed by atoms with Crippen LogP contribution in [0, 0.1) is 0 Å². The van der Waals surface area contributed by atoms with Gasteiger partial charge in [-0.3, -0.25) is 4.55 Å². The molecule has 0 aromatic heterocycles. The van der Waals surface area contributed by atoms with Gasteiger partial charge in [-0.1, -0.05) is 48.5 Å². The van der Waals surface area contributed by atoms with Crippen LogP contribution in [0.5, 0.6) is 5.75 Å². The number of rotatable bonds is 4. The lowest BCUT2D eigenvalue weighted by molar-refractivity contribution is -0.145. The van der Waals surface area contributed by atoms with Gasteiger partial charge in [0.1, 0.15) is 16.4 Å². The second-order valence-corrected chi connectivity index (χ2v) is 8.48. The van der Waals surface area contributed by atoms with Crippen molar-refractivity contribution in [2.75, 3.05) is 7.11 Å². The van der Waals surface area contributed by atoms with Gasteiger partial charge < -0.3 is 20.1 Å². The molecular weight excluding hydrogens is 448 g/mol. The molecular formula is C23H22N2O7S. The van der Waals surface area contributed by atoms with Crippen LogP contribution < -0.4 is 0 Å². The lowest BCUT2D eigenvalue weighted by Crippen LogP contribution is -2.32. The maximum Gasteiger partial charge on any atom is 0.294 e. The summed E-state index contributed by atoms with van der Waals surface area (Å²) < 4.78 is 34.8. The van der Waals surface area contributed by atoms with E-state index in [1.807, 2.05) is 60.7 Å². The molecule has 1 aliphatic rings. The van der Waals surface area contributed by atoms with Crippen molar-refractivity contribution in [3.05, 3.63) is 89.5 Å². The number of hydrogen-bond donors (Lipinski definition) is 4. The number of aliphatic hydroxyl groups is 2. The molecule has 0 saturated carbocycles.